The fourth-order valence-corrected chi connectivity index (χ4v) is 3.73. The highest BCUT2D eigenvalue weighted by Gasteiger charge is 2.15. The van der Waals surface area contributed by atoms with Crippen molar-refractivity contribution in [1.29, 1.82) is 0 Å². The number of nitrogens with one attached hydrogen (secondary N) is 2. The van der Waals surface area contributed by atoms with Crippen molar-refractivity contribution in [2.45, 2.75) is 5.16 Å². The molecule has 0 radical (unpaired) electrons. The van der Waals surface area contributed by atoms with E-state index in [9.17, 15) is 14.9 Å². The summed E-state index contributed by atoms with van der Waals surface area (Å²) >= 11 is 1.28. The van der Waals surface area contributed by atoms with Gasteiger partial charge in [-0.1, -0.05) is 72.4 Å². The molecule has 4 aromatic rings. The fourth-order valence-electron chi connectivity index (χ4n) is 3.07. The van der Waals surface area contributed by atoms with E-state index in [1.165, 1.54) is 30.1 Å². The number of nitrogens with zero attached hydrogens (tertiary/aromatic N) is 3. The number of thioether (sulfide) groups is 1. The number of benzene rings is 3. The molecule has 0 bridgehead atoms. The topological polar surface area (TPSA) is 113 Å². The minimum absolute atomic E-state index is 0.00391. The number of hydrazone groups is 1. The van der Waals surface area contributed by atoms with E-state index >= 15 is 0 Å². The third kappa shape index (κ3) is 5.72. The SMILES string of the molecule is O=C(CSc1nc(-c2ccccc2)c(-c2ccccc2)[nH]1)NN=Cc1ccc([N+](=O)[O-])cc1. The molecule has 0 spiro atoms. The number of rotatable bonds is 8. The summed E-state index contributed by atoms with van der Waals surface area (Å²) in [5.41, 5.74) is 6.79. The Morgan fingerprint density at radius 3 is 2.27 bits per heavy atom. The van der Waals surface area contributed by atoms with Crippen molar-refractivity contribution >= 4 is 29.6 Å². The van der Waals surface area contributed by atoms with Crippen LogP contribution in [0.4, 0.5) is 5.69 Å². The first-order valence-electron chi connectivity index (χ1n) is 10.00. The van der Waals surface area contributed by atoms with Gasteiger partial charge in [-0.05, 0) is 17.7 Å². The summed E-state index contributed by atoms with van der Waals surface area (Å²) in [5.74, 6) is -0.176. The van der Waals surface area contributed by atoms with Crippen molar-refractivity contribution in [2.75, 3.05) is 5.75 Å². The number of aromatic nitrogens is 2. The first-order valence-corrected chi connectivity index (χ1v) is 11.0. The number of non-ortho nitro benzene ring substituents is 1. The zero-order valence-corrected chi connectivity index (χ0v) is 18.2. The van der Waals surface area contributed by atoms with Crippen LogP contribution in [-0.4, -0.2) is 32.8 Å². The molecule has 8 nitrogen and oxygen atoms in total. The van der Waals surface area contributed by atoms with Gasteiger partial charge in [-0.15, -0.1) is 0 Å². The van der Waals surface area contributed by atoms with Crippen LogP contribution in [0, 0.1) is 10.1 Å². The summed E-state index contributed by atoms with van der Waals surface area (Å²) in [6, 6.07) is 25.6. The minimum atomic E-state index is -0.471. The average Bonchev–Trinajstić information content (AvgIpc) is 3.29. The van der Waals surface area contributed by atoms with Crippen molar-refractivity contribution < 1.29 is 9.72 Å². The molecule has 0 saturated heterocycles. The number of aromatic amines is 1. The highest BCUT2D eigenvalue weighted by atomic mass is 32.2. The van der Waals surface area contributed by atoms with E-state index in [0.29, 0.717) is 10.7 Å². The third-order valence-electron chi connectivity index (χ3n) is 4.64. The molecule has 1 amide bonds. The van der Waals surface area contributed by atoms with Crippen LogP contribution in [-0.2, 0) is 4.79 Å². The van der Waals surface area contributed by atoms with Crippen LogP contribution in [0.2, 0.25) is 0 Å². The number of carbonyl (C=O) groups is 1. The first kappa shape index (κ1) is 22.0. The lowest BCUT2D eigenvalue weighted by Crippen LogP contribution is -2.19. The molecule has 164 valence electrons. The number of H-pyrrole nitrogens is 1. The predicted octanol–water partition coefficient (Wildman–Crippen LogP) is 4.89. The summed E-state index contributed by atoms with van der Waals surface area (Å²) < 4.78 is 0. The summed E-state index contributed by atoms with van der Waals surface area (Å²) in [5, 5.41) is 15.2. The predicted molar refractivity (Wildman–Crippen MR) is 129 cm³/mol. The van der Waals surface area contributed by atoms with Crippen LogP contribution < -0.4 is 5.43 Å². The fraction of sp³-hybridized carbons (Fsp3) is 0.0417. The van der Waals surface area contributed by atoms with E-state index in [4.69, 9.17) is 4.98 Å². The molecule has 0 unspecified atom stereocenters. The maximum atomic E-state index is 12.2. The second kappa shape index (κ2) is 10.4. The van der Waals surface area contributed by atoms with E-state index in [0.717, 1.165) is 22.5 Å². The minimum Gasteiger partial charge on any atom is -0.332 e. The lowest BCUT2D eigenvalue weighted by atomic mass is 10.1. The number of nitro benzene ring substituents is 1. The Hall–Kier alpha value is -4.24. The number of hydrogen-bond acceptors (Lipinski definition) is 6. The second-order valence-electron chi connectivity index (χ2n) is 6.93. The Balaban J connectivity index is 1.41. The van der Waals surface area contributed by atoms with E-state index < -0.39 is 4.92 Å². The smallest absolute Gasteiger partial charge is 0.269 e. The standard InChI is InChI=1S/C24H19N5O3S/c30-21(28-25-15-17-11-13-20(14-12-17)29(31)32)16-33-24-26-22(18-7-3-1-4-8-18)23(27-24)19-9-5-2-6-10-19/h1-15H,16H2,(H,26,27)(H,28,30). The molecular weight excluding hydrogens is 438 g/mol. The third-order valence-corrected chi connectivity index (χ3v) is 5.51. The van der Waals surface area contributed by atoms with Crippen molar-refractivity contribution in [3.05, 3.63) is 101 Å². The van der Waals surface area contributed by atoms with E-state index in [-0.39, 0.29) is 17.3 Å². The van der Waals surface area contributed by atoms with Gasteiger partial charge in [-0.2, -0.15) is 5.10 Å². The quantitative estimate of drug-likeness (QED) is 0.169. The number of imidazole rings is 1. The maximum absolute atomic E-state index is 12.2. The van der Waals surface area contributed by atoms with Crippen LogP contribution >= 0.6 is 11.8 Å². The molecule has 1 aromatic heterocycles. The van der Waals surface area contributed by atoms with E-state index in [1.807, 2.05) is 60.7 Å². The molecule has 4 rings (SSSR count). The molecule has 0 saturated carbocycles. The number of hydrogen-bond donors (Lipinski definition) is 2. The molecule has 0 aliphatic rings. The molecule has 0 fully saturated rings. The Morgan fingerprint density at radius 1 is 1.00 bits per heavy atom. The van der Waals surface area contributed by atoms with Gasteiger partial charge in [0.25, 0.3) is 11.6 Å². The van der Waals surface area contributed by atoms with Gasteiger partial charge in [0.05, 0.1) is 28.3 Å². The molecule has 2 N–H and O–H groups in total. The Kier molecular flexibility index (Phi) is 6.91. The normalized spacial score (nSPS) is 10.9. The van der Waals surface area contributed by atoms with E-state index in [2.05, 4.69) is 15.5 Å². The highest BCUT2D eigenvalue weighted by Crippen LogP contribution is 2.32. The number of carbonyl (C=O) groups excluding carboxylic acids is 1. The van der Waals surface area contributed by atoms with Crippen LogP contribution in [0.3, 0.4) is 0 Å². The lowest BCUT2D eigenvalue weighted by Gasteiger charge is -2.02. The monoisotopic (exact) mass is 457 g/mol. The van der Waals surface area contributed by atoms with E-state index in [1.54, 1.807) is 12.1 Å². The van der Waals surface area contributed by atoms with Gasteiger partial charge in [0, 0.05) is 23.3 Å². The summed E-state index contributed by atoms with van der Waals surface area (Å²) in [7, 11) is 0. The molecule has 3 aromatic carbocycles. The van der Waals surface area contributed by atoms with Crippen LogP contribution in [0.25, 0.3) is 22.5 Å². The Labute approximate surface area is 193 Å². The van der Waals surface area contributed by atoms with Gasteiger partial charge >= 0.3 is 0 Å². The van der Waals surface area contributed by atoms with Crippen LogP contribution in [0.15, 0.2) is 95.2 Å². The van der Waals surface area contributed by atoms with Gasteiger partial charge in [-0.3, -0.25) is 14.9 Å². The van der Waals surface area contributed by atoms with Crippen LogP contribution in [0.5, 0.6) is 0 Å². The zero-order valence-electron chi connectivity index (χ0n) is 17.3. The first-order chi connectivity index (χ1) is 16.1. The molecule has 9 heteroatoms. The van der Waals surface area contributed by atoms with Gasteiger partial charge in [0.2, 0.25) is 0 Å². The molecular formula is C24H19N5O3S. The molecule has 0 aliphatic carbocycles. The average molecular weight is 458 g/mol. The second-order valence-corrected chi connectivity index (χ2v) is 7.89. The molecule has 0 aliphatic heterocycles. The maximum Gasteiger partial charge on any atom is 0.269 e. The van der Waals surface area contributed by atoms with Crippen molar-refractivity contribution in [3.63, 3.8) is 0 Å². The van der Waals surface area contributed by atoms with Crippen LogP contribution in [0.1, 0.15) is 5.56 Å². The Morgan fingerprint density at radius 2 is 1.64 bits per heavy atom. The van der Waals surface area contributed by atoms with Crippen molar-refractivity contribution in [2.24, 2.45) is 5.10 Å². The summed E-state index contributed by atoms with van der Waals surface area (Å²) in [4.78, 5) is 30.5. The number of amides is 1. The summed E-state index contributed by atoms with van der Waals surface area (Å²) in [6.45, 7) is 0. The lowest BCUT2D eigenvalue weighted by molar-refractivity contribution is -0.384. The zero-order chi connectivity index (χ0) is 23.0. The number of nitro groups is 1. The van der Waals surface area contributed by atoms with Gasteiger partial charge in [0.15, 0.2) is 5.16 Å². The molecule has 33 heavy (non-hydrogen) atoms. The molecule has 1 heterocycles. The van der Waals surface area contributed by atoms with Crippen molar-refractivity contribution in [1.82, 2.24) is 15.4 Å². The Bertz CT molecular complexity index is 1220. The van der Waals surface area contributed by atoms with Crippen molar-refractivity contribution in [3.8, 4) is 22.5 Å². The van der Waals surface area contributed by atoms with Gasteiger partial charge < -0.3 is 4.98 Å². The molecule has 0 atom stereocenters. The summed E-state index contributed by atoms with van der Waals surface area (Å²) in [6.07, 6.45) is 1.43. The van der Waals surface area contributed by atoms with Gasteiger partial charge in [0.1, 0.15) is 0 Å². The largest absolute Gasteiger partial charge is 0.332 e. The van der Waals surface area contributed by atoms with Gasteiger partial charge in [-0.25, -0.2) is 10.4 Å². The highest BCUT2D eigenvalue weighted by molar-refractivity contribution is 7.99.